The fourth-order valence-corrected chi connectivity index (χ4v) is 2.95. The molecule has 0 atom stereocenters. The van der Waals surface area contributed by atoms with Gasteiger partial charge in [0.15, 0.2) is 0 Å². The smallest absolute Gasteiger partial charge is 0.128 e. The van der Waals surface area contributed by atoms with Crippen LogP contribution in [0.3, 0.4) is 0 Å². The van der Waals surface area contributed by atoms with Crippen molar-refractivity contribution in [1.82, 2.24) is 10.3 Å². The lowest BCUT2D eigenvalue weighted by Gasteiger charge is -2.27. The third kappa shape index (κ3) is 3.13. The van der Waals surface area contributed by atoms with E-state index in [1.54, 1.807) is 0 Å². The Labute approximate surface area is 107 Å². The molecule has 4 heteroatoms. The number of aromatic nitrogens is 1. The topological polar surface area (TPSA) is 28.2 Å². The highest BCUT2D eigenvalue weighted by Crippen LogP contribution is 2.20. The Morgan fingerprint density at radius 3 is 2.76 bits per heavy atom. The minimum Gasteiger partial charge on any atom is -0.355 e. The lowest BCUT2D eigenvalue weighted by atomic mass is 10.2. The van der Waals surface area contributed by atoms with Gasteiger partial charge in [0.25, 0.3) is 0 Å². The number of nitrogens with one attached hydrogen (secondary N) is 1. The van der Waals surface area contributed by atoms with E-state index >= 15 is 0 Å². The third-order valence-corrected chi connectivity index (χ3v) is 4.26. The van der Waals surface area contributed by atoms with E-state index < -0.39 is 0 Å². The van der Waals surface area contributed by atoms with Crippen molar-refractivity contribution in [1.29, 1.82) is 0 Å². The van der Waals surface area contributed by atoms with E-state index in [1.165, 1.54) is 29.9 Å². The van der Waals surface area contributed by atoms with Crippen molar-refractivity contribution >= 4 is 17.6 Å². The van der Waals surface area contributed by atoms with Gasteiger partial charge < -0.3 is 10.2 Å². The van der Waals surface area contributed by atoms with Gasteiger partial charge in [-0.3, -0.25) is 0 Å². The normalized spacial score (nSPS) is 20.6. The van der Waals surface area contributed by atoms with Crippen molar-refractivity contribution in [3.63, 3.8) is 0 Å². The van der Waals surface area contributed by atoms with Crippen molar-refractivity contribution in [3.05, 3.63) is 23.9 Å². The van der Waals surface area contributed by atoms with Crippen molar-refractivity contribution in [2.24, 2.45) is 0 Å². The molecular formula is C13H19N3S. The summed E-state index contributed by atoms with van der Waals surface area (Å²) in [5, 5.41) is 3.51. The van der Waals surface area contributed by atoms with Crippen LogP contribution in [-0.2, 0) is 6.54 Å². The molecule has 1 aromatic rings. The Kier molecular flexibility index (Phi) is 3.52. The molecule has 2 fully saturated rings. The van der Waals surface area contributed by atoms with Gasteiger partial charge in [0, 0.05) is 43.4 Å². The Hall–Kier alpha value is -0.740. The number of pyridine rings is 1. The molecule has 1 aromatic heterocycles. The van der Waals surface area contributed by atoms with Crippen LogP contribution in [-0.4, -0.2) is 35.6 Å². The van der Waals surface area contributed by atoms with E-state index in [-0.39, 0.29) is 0 Å². The monoisotopic (exact) mass is 249 g/mol. The van der Waals surface area contributed by atoms with Crippen LogP contribution in [0.1, 0.15) is 18.4 Å². The zero-order valence-electron chi connectivity index (χ0n) is 10.1. The first-order chi connectivity index (χ1) is 8.42. The third-order valence-electron chi connectivity index (χ3n) is 3.32. The first kappa shape index (κ1) is 11.4. The van der Waals surface area contributed by atoms with Crippen molar-refractivity contribution in [2.75, 3.05) is 29.5 Å². The summed E-state index contributed by atoms with van der Waals surface area (Å²) in [6, 6.07) is 5.15. The molecule has 2 aliphatic rings. The molecular weight excluding hydrogens is 230 g/mol. The van der Waals surface area contributed by atoms with Crippen LogP contribution < -0.4 is 10.2 Å². The molecule has 0 unspecified atom stereocenters. The van der Waals surface area contributed by atoms with Gasteiger partial charge in [0.05, 0.1) is 0 Å². The summed E-state index contributed by atoms with van der Waals surface area (Å²) < 4.78 is 0. The van der Waals surface area contributed by atoms with Crippen molar-refractivity contribution < 1.29 is 0 Å². The summed E-state index contributed by atoms with van der Waals surface area (Å²) in [5.74, 6) is 3.60. The van der Waals surface area contributed by atoms with Crippen LogP contribution in [0.25, 0.3) is 0 Å². The van der Waals surface area contributed by atoms with Gasteiger partial charge in [0.1, 0.15) is 5.82 Å². The summed E-state index contributed by atoms with van der Waals surface area (Å²) in [7, 11) is 0. The maximum Gasteiger partial charge on any atom is 0.128 e. The van der Waals surface area contributed by atoms with Gasteiger partial charge in [-0.2, -0.15) is 11.8 Å². The zero-order valence-corrected chi connectivity index (χ0v) is 10.9. The standard InChI is InChI=1S/C13H19N3S/c1-4-13(16-5-7-17-8-6-16)15-10-11(1)9-14-12-2-3-12/h1,4,10,12,14H,2-3,5-9H2. The van der Waals surface area contributed by atoms with Gasteiger partial charge in [-0.25, -0.2) is 4.98 Å². The lowest BCUT2D eigenvalue weighted by Crippen LogP contribution is -2.33. The molecule has 1 N–H and O–H groups in total. The minimum atomic E-state index is 0.772. The number of thioether (sulfide) groups is 1. The van der Waals surface area contributed by atoms with E-state index in [0.29, 0.717) is 0 Å². The Balaban J connectivity index is 1.58. The van der Waals surface area contributed by atoms with E-state index in [4.69, 9.17) is 0 Å². The van der Waals surface area contributed by atoms with E-state index in [9.17, 15) is 0 Å². The van der Waals surface area contributed by atoms with E-state index in [2.05, 4.69) is 27.3 Å². The van der Waals surface area contributed by atoms with E-state index in [0.717, 1.165) is 31.5 Å². The number of hydrogen-bond acceptors (Lipinski definition) is 4. The molecule has 0 radical (unpaired) electrons. The quantitative estimate of drug-likeness (QED) is 0.882. The average molecular weight is 249 g/mol. The number of rotatable bonds is 4. The lowest BCUT2D eigenvalue weighted by molar-refractivity contribution is 0.685. The average Bonchev–Trinajstić information content (AvgIpc) is 3.22. The Morgan fingerprint density at radius 2 is 2.12 bits per heavy atom. The predicted octanol–water partition coefficient (Wildman–Crippen LogP) is 1.89. The molecule has 1 aliphatic heterocycles. The van der Waals surface area contributed by atoms with Gasteiger partial charge in [-0.05, 0) is 24.5 Å². The summed E-state index contributed by atoms with van der Waals surface area (Å²) in [6.45, 7) is 3.24. The van der Waals surface area contributed by atoms with Crippen LogP contribution in [0.5, 0.6) is 0 Å². The summed E-state index contributed by atoms with van der Waals surface area (Å²) in [6.07, 6.45) is 4.71. The number of nitrogens with zero attached hydrogens (tertiary/aromatic N) is 2. The first-order valence-electron chi connectivity index (χ1n) is 6.43. The highest BCUT2D eigenvalue weighted by Gasteiger charge is 2.20. The summed E-state index contributed by atoms with van der Waals surface area (Å²) in [4.78, 5) is 6.96. The first-order valence-corrected chi connectivity index (χ1v) is 7.58. The van der Waals surface area contributed by atoms with Crippen molar-refractivity contribution in [2.45, 2.75) is 25.4 Å². The second-order valence-corrected chi connectivity index (χ2v) is 6.00. The summed E-state index contributed by atoms with van der Waals surface area (Å²) >= 11 is 2.04. The van der Waals surface area contributed by atoms with Gasteiger partial charge in [0.2, 0.25) is 0 Å². The van der Waals surface area contributed by atoms with Crippen LogP contribution in [0.15, 0.2) is 18.3 Å². The molecule has 1 saturated carbocycles. The molecule has 0 bridgehead atoms. The highest BCUT2D eigenvalue weighted by atomic mass is 32.2. The molecule has 2 heterocycles. The SMILES string of the molecule is c1cc(N2CCSCC2)ncc1CNC1CC1. The fraction of sp³-hybridized carbons (Fsp3) is 0.615. The molecule has 1 saturated heterocycles. The molecule has 0 aromatic carbocycles. The molecule has 92 valence electrons. The number of anilines is 1. The molecule has 3 rings (SSSR count). The van der Waals surface area contributed by atoms with E-state index in [1.807, 2.05) is 18.0 Å². The second-order valence-electron chi connectivity index (χ2n) is 4.78. The number of hydrogen-bond donors (Lipinski definition) is 1. The second kappa shape index (κ2) is 5.27. The van der Waals surface area contributed by atoms with Crippen LogP contribution in [0, 0.1) is 0 Å². The summed E-state index contributed by atoms with van der Waals surface area (Å²) in [5.41, 5.74) is 1.30. The zero-order chi connectivity index (χ0) is 11.5. The molecule has 3 nitrogen and oxygen atoms in total. The van der Waals surface area contributed by atoms with Crippen LogP contribution >= 0.6 is 11.8 Å². The molecule has 17 heavy (non-hydrogen) atoms. The molecule has 1 aliphatic carbocycles. The molecule has 0 amide bonds. The van der Waals surface area contributed by atoms with Crippen molar-refractivity contribution in [3.8, 4) is 0 Å². The highest BCUT2D eigenvalue weighted by molar-refractivity contribution is 7.99. The molecule has 0 spiro atoms. The maximum atomic E-state index is 4.58. The van der Waals surface area contributed by atoms with Gasteiger partial charge >= 0.3 is 0 Å². The van der Waals surface area contributed by atoms with Crippen LogP contribution in [0.2, 0.25) is 0 Å². The van der Waals surface area contributed by atoms with Gasteiger partial charge in [-0.15, -0.1) is 0 Å². The van der Waals surface area contributed by atoms with Crippen LogP contribution in [0.4, 0.5) is 5.82 Å². The Morgan fingerprint density at radius 1 is 1.29 bits per heavy atom. The largest absolute Gasteiger partial charge is 0.355 e. The fourth-order valence-electron chi connectivity index (χ4n) is 2.05. The van der Waals surface area contributed by atoms with Gasteiger partial charge in [-0.1, -0.05) is 6.07 Å². The minimum absolute atomic E-state index is 0.772. The Bertz CT molecular complexity index is 355. The maximum absolute atomic E-state index is 4.58. The predicted molar refractivity (Wildman–Crippen MR) is 73.6 cm³/mol.